The zero-order valence-electron chi connectivity index (χ0n) is 11.6. The van der Waals surface area contributed by atoms with E-state index in [9.17, 15) is 0 Å². The van der Waals surface area contributed by atoms with E-state index < -0.39 is 0 Å². The Morgan fingerprint density at radius 2 is 2.15 bits per heavy atom. The molecule has 102 valence electrons. The van der Waals surface area contributed by atoms with E-state index >= 15 is 0 Å². The number of aromatic nitrogens is 1. The molecule has 0 N–H and O–H groups in total. The first kappa shape index (κ1) is 13.4. The third kappa shape index (κ3) is 2.78. The molecule has 2 aromatic rings. The first-order valence-electron chi connectivity index (χ1n) is 7.07. The van der Waals surface area contributed by atoms with Crippen LogP contribution in [-0.2, 0) is 0 Å². The number of benzene rings is 1. The lowest BCUT2D eigenvalue weighted by atomic mass is 9.94. The summed E-state index contributed by atoms with van der Waals surface area (Å²) in [4.78, 5) is 9.13. The van der Waals surface area contributed by atoms with Crippen LogP contribution in [0, 0.1) is 0 Å². The van der Waals surface area contributed by atoms with Crippen molar-refractivity contribution in [2.45, 2.75) is 19.3 Å². The van der Waals surface area contributed by atoms with Crippen LogP contribution in [0.3, 0.4) is 0 Å². The van der Waals surface area contributed by atoms with Crippen molar-refractivity contribution < 1.29 is 0 Å². The number of nitrogens with zero attached hydrogens (tertiary/aromatic N) is 2. The standard InChI is InChI=1S/C17H18N2S/c1-2-11-20-17-8-7-13(12-19-17)14-9-10-18-16-6-4-3-5-15(14)16/h3-10,13H,2,11-12H2,1H3. The molecule has 0 bridgehead atoms. The van der Waals surface area contributed by atoms with E-state index in [2.05, 4.69) is 48.3 Å². The molecule has 0 saturated carbocycles. The maximum atomic E-state index is 4.70. The maximum Gasteiger partial charge on any atom is 0.0901 e. The van der Waals surface area contributed by atoms with Crippen molar-refractivity contribution in [3.05, 3.63) is 54.2 Å². The van der Waals surface area contributed by atoms with Crippen molar-refractivity contribution >= 4 is 27.7 Å². The Morgan fingerprint density at radius 3 is 2.95 bits per heavy atom. The van der Waals surface area contributed by atoms with Crippen LogP contribution < -0.4 is 0 Å². The average molecular weight is 282 g/mol. The average Bonchev–Trinajstić information content (AvgIpc) is 2.53. The van der Waals surface area contributed by atoms with Gasteiger partial charge in [-0.2, -0.15) is 0 Å². The summed E-state index contributed by atoms with van der Waals surface area (Å²) in [5.41, 5.74) is 2.39. The zero-order valence-corrected chi connectivity index (χ0v) is 12.4. The summed E-state index contributed by atoms with van der Waals surface area (Å²) >= 11 is 1.85. The van der Waals surface area contributed by atoms with Crippen LogP contribution in [0.2, 0.25) is 0 Å². The molecule has 20 heavy (non-hydrogen) atoms. The maximum absolute atomic E-state index is 4.70. The van der Waals surface area contributed by atoms with E-state index in [1.807, 2.05) is 24.0 Å². The lowest BCUT2D eigenvalue weighted by Gasteiger charge is -2.17. The monoisotopic (exact) mass is 282 g/mol. The molecule has 3 rings (SSSR count). The minimum absolute atomic E-state index is 0.369. The number of fused-ring (bicyclic) bond motifs is 1. The highest BCUT2D eigenvalue weighted by atomic mass is 32.2. The summed E-state index contributed by atoms with van der Waals surface area (Å²) in [5.74, 6) is 1.51. The van der Waals surface area contributed by atoms with E-state index in [4.69, 9.17) is 4.99 Å². The molecule has 2 nitrogen and oxygen atoms in total. The van der Waals surface area contributed by atoms with E-state index in [0.29, 0.717) is 5.92 Å². The Labute approximate surface area is 124 Å². The zero-order chi connectivity index (χ0) is 13.8. The summed E-state index contributed by atoms with van der Waals surface area (Å²) in [6, 6.07) is 10.4. The molecule has 1 aliphatic heterocycles. The number of aliphatic imine (C=N–C) groups is 1. The van der Waals surface area contributed by atoms with Crippen LogP contribution in [0.5, 0.6) is 0 Å². The number of para-hydroxylation sites is 1. The van der Waals surface area contributed by atoms with Crippen molar-refractivity contribution in [3.8, 4) is 0 Å². The topological polar surface area (TPSA) is 25.2 Å². The van der Waals surface area contributed by atoms with E-state index in [-0.39, 0.29) is 0 Å². The molecular weight excluding hydrogens is 264 g/mol. The summed E-state index contributed by atoms with van der Waals surface area (Å²) < 4.78 is 0. The van der Waals surface area contributed by atoms with Crippen molar-refractivity contribution in [2.75, 3.05) is 12.3 Å². The summed E-state index contributed by atoms with van der Waals surface area (Å²) in [5, 5.41) is 2.41. The number of thioether (sulfide) groups is 1. The van der Waals surface area contributed by atoms with Crippen LogP contribution in [0.4, 0.5) is 0 Å². The third-order valence-corrected chi connectivity index (χ3v) is 4.62. The highest BCUT2D eigenvalue weighted by Crippen LogP contribution is 2.28. The van der Waals surface area contributed by atoms with Gasteiger partial charge in [-0.1, -0.05) is 31.2 Å². The van der Waals surface area contributed by atoms with Gasteiger partial charge in [0.1, 0.15) is 0 Å². The van der Waals surface area contributed by atoms with E-state index in [0.717, 1.165) is 17.8 Å². The Morgan fingerprint density at radius 1 is 1.25 bits per heavy atom. The number of dihydropyridines is 1. The minimum atomic E-state index is 0.369. The van der Waals surface area contributed by atoms with Gasteiger partial charge < -0.3 is 0 Å². The molecule has 0 aliphatic carbocycles. The molecule has 3 heteroatoms. The fourth-order valence-corrected chi connectivity index (χ4v) is 3.20. The molecule has 1 aromatic carbocycles. The lowest BCUT2D eigenvalue weighted by molar-refractivity contribution is 0.850. The first-order chi connectivity index (χ1) is 9.88. The Balaban J connectivity index is 1.84. The molecule has 1 aromatic heterocycles. The predicted octanol–water partition coefficient (Wildman–Crippen LogP) is 4.43. The van der Waals surface area contributed by atoms with Gasteiger partial charge >= 0.3 is 0 Å². The van der Waals surface area contributed by atoms with Gasteiger partial charge in [-0.05, 0) is 35.9 Å². The normalized spacial score (nSPS) is 18.2. The fourth-order valence-electron chi connectivity index (χ4n) is 2.44. The fraction of sp³-hybridized carbons (Fsp3) is 0.294. The second kappa shape index (κ2) is 6.23. The van der Waals surface area contributed by atoms with Gasteiger partial charge in [0.15, 0.2) is 0 Å². The van der Waals surface area contributed by atoms with Gasteiger partial charge in [0.2, 0.25) is 0 Å². The summed E-state index contributed by atoms with van der Waals surface area (Å²) in [7, 11) is 0. The third-order valence-electron chi connectivity index (χ3n) is 3.45. The first-order valence-corrected chi connectivity index (χ1v) is 8.06. The highest BCUT2D eigenvalue weighted by molar-refractivity contribution is 8.14. The smallest absolute Gasteiger partial charge is 0.0901 e. The van der Waals surface area contributed by atoms with Gasteiger partial charge in [-0.3, -0.25) is 9.98 Å². The molecule has 0 radical (unpaired) electrons. The minimum Gasteiger partial charge on any atom is -0.277 e. The molecule has 2 heterocycles. The Bertz CT molecular complexity index is 656. The van der Waals surface area contributed by atoms with Crippen LogP contribution in [0.15, 0.2) is 53.7 Å². The predicted molar refractivity (Wildman–Crippen MR) is 88.7 cm³/mol. The second-order valence-electron chi connectivity index (χ2n) is 4.91. The van der Waals surface area contributed by atoms with Crippen molar-refractivity contribution in [3.63, 3.8) is 0 Å². The van der Waals surface area contributed by atoms with Crippen LogP contribution in [0.1, 0.15) is 24.8 Å². The van der Waals surface area contributed by atoms with Crippen LogP contribution in [0.25, 0.3) is 10.9 Å². The highest BCUT2D eigenvalue weighted by Gasteiger charge is 2.15. The molecule has 1 atom stereocenters. The number of hydrogen-bond donors (Lipinski definition) is 0. The number of rotatable bonds is 3. The van der Waals surface area contributed by atoms with Gasteiger partial charge in [-0.15, -0.1) is 11.8 Å². The van der Waals surface area contributed by atoms with Crippen molar-refractivity contribution in [1.82, 2.24) is 4.98 Å². The second-order valence-corrected chi connectivity index (χ2v) is 6.03. The molecule has 0 spiro atoms. The van der Waals surface area contributed by atoms with Crippen molar-refractivity contribution in [1.29, 1.82) is 0 Å². The number of pyridine rings is 1. The molecular formula is C17H18N2S. The van der Waals surface area contributed by atoms with Crippen LogP contribution in [-0.4, -0.2) is 22.3 Å². The van der Waals surface area contributed by atoms with Gasteiger partial charge in [-0.25, -0.2) is 0 Å². The van der Waals surface area contributed by atoms with Gasteiger partial charge in [0.05, 0.1) is 17.1 Å². The number of hydrogen-bond acceptors (Lipinski definition) is 3. The lowest BCUT2D eigenvalue weighted by Crippen LogP contribution is -2.08. The quantitative estimate of drug-likeness (QED) is 0.832. The molecule has 0 amide bonds. The summed E-state index contributed by atoms with van der Waals surface area (Å²) in [6.45, 7) is 3.04. The van der Waals surface area contributed by atoms with E-state index in [1.54, 1.807) is 0 Å². The summed E-state index contributed by atoms with van der Waals surface area (Å²) in [6.07, 6.45) is 7.54. The van der Waals surface area contributed by atoms with Crippen molar-refractivity contribution in [2.24, 2.45) is 4.99 Å². The van der Waals surface area contributed by atoms with Gasteiger partial charge in [0.25, 0.3) is 0 Å². The van der Waals surface area contributed by atoms with Crippen LogP contribution >= 0.6 is 11.8 Å². The molecule has 1 aliphatic rings. The SMILES string of the molecule is CCCSC1=NCC(c2ccnc3ccccc23)C=C1. The Hall–Kier alpha value is -1.61. The molecule has 1 unspecified atom stereocenters. The molecule has 0 fully saturated rings. The molecule has 0 saturated heterocycles. The van der Waals surface area contributed by atoms with Gasteiger partial charge in [0, 0.05) is 17.5 Å². The van der Waals surface area contributed by atoms with E-state index in [1.165, 1.54) is 22.4 Å². The largest absolute Gasteiger partial charge is 0.277 e. The Kier molecular flexibility index (Phi) is 4.16.